The number of anilines is 2. The van der Waals surface area contributed by atoms with Gasteiger partial charge in [0.05, 0.1) is 5.69 Å². The molecule has 0 aliphatic carbocycles. The molecule has 0 atom stereocenters. The van der Waals surface area contributed by atoms with Crippen LogP contribution in [0.1, 0.15) is 29.2 Å². The molecule has 3 rings (SSSR count). The summed E-state index contributed by atoms with van der Waals surface area (Å²) < 4.78 is 0. The smallest absolute Gasteiger partial charge is 0.267 e. The van der Waals surface area contributed by atoms with E-state index in [4.69, 9.17) is 5.73 Å². The maximum absolute atomic E-state index is 12.4. The zero-order chi connectivity index (χ0) is 16.4. The number of nitrogens with two attached hydrogens (primary N) is 1. The Morgan fingerprint density at radius 2 is 2.00 bits per heavy atom. The molecule has 0 aromatic carbocycles. The molecule has 0 saturated heterocycles. The van der Waals surface area contributed by atoms with Crippen LogP contribution in [0.15, 0.2) is 36.7 Å². The third-order valence-corrected chi connectivity index (χ3v) is 4.53. The molecule has 3 N–H and O–H groups in total. The van der Waals surface area contributed by atoms with E-state index in [0.29, 0.717) is 22.2 Å². The number of pyridine rings is 2. The van der Waals surface area contributed by atoms with Crippen molar-refractivity contribution in [3.8, 4) is 0 Å². The summed E-state index contributed by atoms with van der Waals surface area (Å²) in [6, 6.07) is 7.41. The van der Waals surface area contributed by atoms with Crippen molar-refractivity contribution in [3.63, 3.8) is 0 Å². The Morgan fingerprint density at radius 1 is 1.26 bits per heavy atom. The Hall–Kier alpha value is -2.47. The Morgan fingerprint density at radius 3 is 2.70 bits per heavy atom. The molecule has 5 nitrogen and oxygen atoms in total. The Kier molecular flexibility index (Phi) is 4.25. The van der Waals surface area contributed by atoms with Gasteiger partial charge < -0.3 is 11.1 Å². The maximum Gasteiger partial charge on any atom is 0.267 e. The highest BCUT2D eigenvalue weighted by molar-refractivity contribution is 7.21. The highest BCUT2D eigenvalue weighted by Gasteiger charge is 2.17. The van der Waals surface area contributed by atoms with Gasteiger partial charge in [-0.1, -0.05) is 13.8 Å². The molecule has 1 amide bonds. The maximum atomic E-state index is 12.4. The first-order valence-electron chi connectivity index (χ1n) is 7.44. The lowest BCUT2D eigenvalue weighted by molar-refractivity contribution is 0.103. The molecule has 3 aromatic rings. The predicted octanol–water partition coefficient (Wildman–Crippen LogP) is 3.72. The number of hydrogen-bond acceptors (Lipinski definition) is 5. The van der Waals surface area contributed by atoms with Crippen LogP contribution in [0.3, 0.4) is 0 Å². The number of nitrogen functional groups attached to an aromatic ring is 1. The van der Waals surface area contributed by atoms with Gasteiger partial charge in [0.1, 0.15) is 9.71 Å². The second kappa shape index (κ2) is 6.34. The van der Waals surface area contributed by atoms with Gasteiger partial charge in [-0.3, -0.25) is 9.78 Å². The minimum absolute atomic E-state index is 0.220. The number of rotatable bonds is 4. The average molecular weight is 326 g/mol. The first-order valence-corrected chi connectivity index (χ1v) is 8.25. The molecular formula is C17H18N4OS. The van der Waals surface area contributed by atoms with Gasteiger partial charge in [0.15, 0.2) is 0 Å². The lowest BCUT2D eigenvalue weighted by Gasteiger charge is -2.03. The van der Waals surface area contributed by atoms with Crippen molar-refractivity contribution in [2.45, 2.75) is 20.3 Å². The second-order valence-corrected chi connectivity index (χ2v) is 6.79. The second-order valence-electron chi connectivity index (χ2n) is 5.79. The third-order valence-electron chi connectivity index (χ3n) is 3.41. The van der Waals surface area contributed by atoms with E-state index in [0.717, 1.165) is 22.3 Å². The first-order chi connectivity index (χ1) is 11.0. The zero-order valence-corrected chi connectivity index (χ0v) is 13.9. The van der Waals surface area contributed by atoms with Gasteiger partial charge >= 0.3 is 0 Å². The molecule has 0 bridgehead atoms. The van der Waals surface area contributed by atoms with E-state index < -0.39 is 0 Å². The van der Waals surface area contributed by atoms with Crippen LogP contribution in [0, 0.1) is 5.92 Å². The van der Waals surface area contributed by atoms with Crippen LogP contribution in [-0.2, 0) is 6.42 Å². The van der Waals surface area contributed by atoms with E-state index in [9.17, 15) is 4.79 Å². The summed E-state index contributed by atoms with van der Waals surface area (Å²) >= 11 is 1.33. The molecule has 6 heteroatoms. The van der Waals surface area contributed by atoms with E-state index in [1.165, 1.54) is 11.3 Å². The van der Waals surface area contributed by atoms with E-state index in [1.807, 2.05) is 12.1 Å². The summed E-state index contributed by atoms with van der Waals surface area (Å²) in [6.07, 6.45) is 4.17. The lowest BCUT2D eigenvalue weighted by Crippen LogP contribution is -2.11. The molecular weight excluding hydrogens is 308 g/mol. The van der Waals surface area contributed by atoms with Crippen molar-refractivity contribution in [3.05, 3.63) is 47.2 Å². The van der Waals surface area contributed by atoms with E-state index in [1.54, 1.807) is 24.5 Å². The van der Waals surface area contributed by atoms with Crippen molar-refractivity contribution in [1.82, 2.24) is 9.97 Å². The molecule has 0 spiro atoms. The summed E-state index contributed by atoms with van der Waals surface area (Å²) in [6.45, 7) is 4.31. The number of hydrogen-bond donors (Lipinski definition) is 2. The van der Waals surface area contributed by atoms with Crippen molar-refractivity contribution in [2.24, 2.45) is 5.92 Å². The number of aromatic nitrogens is 2. The fourth-order valence-corrected chi connectivity index (χ4v) is 3.37. The highest BCUT2D eigenvalue weighted by atomic mass is 32.1. The zero-order valence-electron chi connectivity index (χ0n) is 13.0. The largest absolute Gasteiger partial charge is 0.397 e. The molecule has 0 unspecified atom stereocenters. The minimum atomic E-state index is -0.220. The number of carbonyl (C=O) groups excluding carboxylic acids is 1. The quantitative estimate of drug-likeness (QED) is 0.765. The van der Waals surface area contributed by atoms with Crippen molar-refractivity contribution < 1.29 is 4.79 Å². The van der Waals surface area contributed by atoms with E-state index >= 15 is 0 Å². The molecule has 0 radical (unpaired) electrons. The SMILES string of the molecule is CC(C)Cc1ccc2c(N)c(C(=O)Nc3ccncc3)sc2n1. The molecule has 23 heavy (non-hydrogen) atoms. The number of thiophene rings is 1. The highest BCUT2D eigenvalue weighted by Crippen LogP contribution is 2.33. The summed E-state index contributed by atoms with van der Waals surface area (Å²) in [7, 11) is 0. The average Bonchev–Trinajstić information content (AvgIpc) is 2.84. The van der Waals surface area contributed by atoms with Crippen LogP contribution in [0.25, 0.3) is 10.2 Å². The van der Waals surface area contributed by atoms with Crippen molar-refractivity contribution >= 4 is 38.8 Å². The Labute approximate surface area is 138 Å². The molecule has 3 heterocycles. The summed E-state index contributed by atoms with van der Waals surface area (Å²) in [4.78, 5) is 22.3. The van der Waals surface area contributed by atoms with Crippen LogP contribution >= 0.6 is 11.3 Å². The van der Waals surface area contributed by atoms with Gasteiger partial charge in [-0.15, -0.1) is 11.3 Å². The number of nitrogens with one attached hydrogen (secondary N) is 1. The monoisotopic (exact) mass is 326 g/mol. The summed E-state index contributed by atoms with van der Waals surface area (Å²) in [5.41, 5.74) is 8.34. The minimum Gasteiger partial charge on any atom is -0.397 e. The summed E-state index contributed by atoms with van der Waals surface area (Å²) in [5.74, 6) is 0.314. The molecule has 3 aromatic heterocycles. The number of amides is 1. The van der Waals surface area contributed by atoms with Crippen LogP contribution in [0.5, 0.6) is 0 Å². The van der Waals surface area contributed by atoms with E-state index in [2.05, 4.69) is 29.1 Å². The van der Waals surface area contributed by atoms with Crippen LogP contribution < -0.4 is 11.1 Å². The number of nitrogens with zero attached hydrogens (tertiary/aromatic N) is 2. The molecule has 0 aliphatic heterocycles. The number of carbonyl (C=O) groups is 1. The van der Waals surface area contributed by atoms with Crippen LogP contribution in [0.4, 0.5) is 11.4 Å². The topological polar surface area (TPSA) is 80.9 Å². The Bertz CT molecular complexity index is 842. The molecule has 0 saturated carbocycles. The van der Waals surface area contributed by atoms with Crippen molar-refractivity contribution in [2.75, 3.05) is 11.1 Å². The van der Waals surface area contributed by atoms with Gasteiger partial charge in [0.25, 0.3) is 5.91 Å². The van der Waals surface area contributed by atoms with Crippen LogP contribution in [-0.4, -0.2) is 15.9 Å². The lowest BCUT2D eigenvalue weighted by atomic mass is 10.1. The van der Waals surface area contributed by atoms with Gasteiger partial charge in [-0.25, -0.2) is 4.98 Å². The fraction of sp³-hybridized carbons (Fsp3) is 0.235. The van der Waals surface area contributed by atoms with Crippen molar-refractivity contribution in [1.29, 1.82) is 0 Å². The number of fused-ring (bicyclic) bond motifs is 1. The Balaban J connectivity index is 1.91. The van der Waals surface area contributed by atoms with Gasteiger partial charge in [0, 0.05) is 29.2 Å². The third kappa shape index (κ3) is 3.32. The van der Waals surface area contributed by atoms with Crippen LogP contribution in [0.2, 0.25) is 0 Å². The standard InChI is InChI=1S/C17H18N4OS/c1-10(2)9-12-3-4-13-14(18)15(23-17(13)21-12)16(22)20-11-5-7-19-8-6-11/h3-8,10H,9,18H2,1-2H3,(H,19,20,22). The molecule has 0 fully saturated rings. The van der Waals surface area contributed by atoms with E-state index in [-0.39, 0.29) is 5.91 Å². The van der Waals surface area contributed by atoms with Gasteiger partial charge in [0.2, 0.25) is 0 Å². The van der Waals surface area contributed by atoms with Gasteiger partial charge in [-0.05, 0) is 36.6 Å². The first kappa shape index (κ1) is 15.4. The fourth-order valence-electron chi connectivity index (χ4n) is 2.36. The predicted molar refractivity (Wildman–Crippen MR) is 94.8 cm³/mol. The summed E-state index contributed by atoms with van der Waals surface area (Å²) in [5, 5.41) is 3.67. The molecule has 0 aliphatic rings. The molecule has 118 valence electrons. The van der Waals surface area contributed by atoms with Gasteiger partial charge in [-0.2, -0.15) is 0 Å². The normalized spacial score (nSPS) is 11.1.